The third-order valence-electron chi connectivity index (χ3n) is 6.64. The number of ether oxygens (including phenoxy) is 2. The van der Waals surface area contributed by atoms with Crippen LogP contribution in [0.5, 0.6) is 0 Å². The Morgan fingerprint density at radius 2 is 1.95 bits per heavy atom. The lowest BCUT2D eigenvalue weighted by atomic mass is 10.2. The Kier molecular flexibility index (Phi) is 8.71. The molecule has 226 valence electrons. The van der Waals surface area contributed by atoms with Gasteiger partial charge in [0.25, 0.3) is 0 Å². The highest BCUT2D eigenvalue weighted by atomic mass is 19.4. The summed E-state index contributed by atoms with van der Waals surface area (Å²) in [6.45, 7) is 2.49. The van der Waals surface area contributed by atoms with Crippen LogP contribution in [-0.2, 0) is 20.8 Å². The van der Waals surface area contributed by atoms with E-state index in [9.17, 15) is 18.0 Å². The Hall–Kier alpha value is -4.79. The summed E-state index contributed by atoms with van der Waals surface area (Å²) in [5.74, 6) is -2.62. The van der Waals surface area contributed by atoms with E-state index < -0.39 is 24.6 Å². The monoisotopic (exact) mass is 600 g/mol. The number of hydrogen-bond acceptors (Lipinski definition) is 9. The lowest BCUT2D eigenvalue weighted by Crippen LogP contribution is -2.26. The van der Waals surface area contributed by atoms with Crippen LogP contribution in [0.15, 0.2) is 48.8 Å². The average Bonchev–Trinajstić information content (AvgIpc) is 3.58. The number of halogens is 4. The number of carbonyl (C=O) groups is 1. The van der Waals surface area contributed by atoms with Gasteiger partial charge in [0.05, 0.1) is 41.4 Å². The molecular weight excluding hydrogens is 572 g/mol. The molecule has 0 bridgehead atoms. The van der Waals surface area contributed by atoms with Crippen molar-refractivity contribution in [2.75, 3.05) is 37.1 Å². The number of aryl methyl sites for hydroxylation is 2. The maximum Gasteiger partial charge on any atom is 0.490 e. The van der Waals surface area contributed by atoms with E-state index in [2.05, 4.69) is 35.3 Å². The molecule has 0 aliphatic rings. The first-order valence-corrected chi connectivity index (χ1v) is 13.3. The number of carbonyl (C=O) groups excluding carboxylic acids is 1. The van der Waals surface area contributed by atoms with Crippen LogP contribution in [0.3, 0.4) is 0 Å². The van der Waals surface area contributed by atoms with Crippen LogP contribution in [0.25, 0.3) is 21.8 Å². The first-order valence-electron chi connectivity index (χ1n) is 13.3. The van der Waals surface area contributed by atoms with Crippen LogP contribution in [0.2, 0.25) is 0 Å². The van der Waals surface area contributed by atoms with Crippen molar-refractivity contribution in [2.45, 2.75) is 32.5 Å². The average molecular weight is 601 g/mol. The Morgan fingerprint density at radius 3 is 2.74 bits per heavy atom. The van der Waals surface area contributed by atoms with E-state index in [4.69, 9.17) is 4.74 Å². The van der Waals surface area contributed by atoms with Crippen molar-refractivity contribution < 1.29 is 31.8 Å². The third kappa shape index (κ3) is 6.66. The minimum atomic E-state index is -5.04. The largest absolute Gasteiger partial charge is 0.490 e. The molecule has 3 heterocycles. The summed E-state index contributed by atoms with van der Waals surface area (Å²) >= 11 is 0. The molecule has 0 radical (unpaired) electrons. The minimum Gasteiger partial charge on any atom is -0.459 e. The summed E-state index contributed by atoms with van der Waals surface area (Å²) < 4.78 is 63.5. The van der Waals surface area contributed by atoms with Crippen molar-refractivity contribution in [1.82, 2.24) is 29.9 Å². The fraction of sp³-hybridized carbons (Fsp3) is 0.321. The van der Waals surface area contributed by atoms with E-state index in [1.807, 2.05) is 31.2 Å². The van der Waals surface area contributed by atoms with Gasteiger partial charge in [0, 0.05) is 49.7 Å². The van der Waals surface area contributed by atoms with Crippen LogP contribution < -0.4 is 10.2 Å². The van der Waals surface area contributed by atoms with Crippen molar-refractivity contribution in [3.63, 3.8) is 0 Å². The van der Waals surface area contributed by atoms with Crippen molar-refractivity contribution in [3.05, 3.63) is 60.3 Å². The van der Waals surface area contributed by atoms with Gasteiger partial charge in [-0.05, 0) is 43.7 Å². The summed E-state index contributed by atoms with van der Waals surface area (Å²) in [4.78, 5) is 21.4. The van der Waals surface area contributed by atoms with Crippen molar-refractivity contribution in [3.8, 4) is 0 Å². The number of H-pyrrole nitrogens is 1. The second kappa shape index (κ2) is 12.6. The number of esters is 1. The number of methoxy groups -OCH3 is 1. The zero-order chi connectivity index (χ0) is 30.6. The molecule has 2 N–H and O–H groups in total. The van der Waals surface area contributed by atoms with Gasteiger partial charge in [-0.1, -0.05) is 6.07 Å². The molecule has 0 aliphatic carbocycles. The van der Waals surface area contributed by atoms with Crippen molar-refractivity contribution in [1.29, 1.82) is 0 Å². The van der Waals surface area contributed by atoms with Gasteiger partial charge in [-0.2, -0.15) is 28.4 Å². The van der Waals surface area contributed by atoms with Gasteiger partial charge in [0.2, 0.25) is 5.95 Å². The molecule has 2 aromatic carbocycles. The highest BCUT2D eigenvalue weighted by Crippen LogP contribution is 2.33. The number of aromatic amines is 1. The standard InChI is InChI=1S/C28H28F4N8O3/c1-17-19-9-8-18(14-24(19)40(38-17)11-5-13-43-26(41)28(30,31)32)35-27-33-16-21(29)25(36-27)39(10-4-12-42-2)23-7-3-6-22-20(23)15-34-37-22/h3,6-9,14-16H,4-5,10-13H2,1-2H3,(H,34,37)(H,33,35,36). The molecule has 0 saturated heterocycles. The zero-order valence-electron chi connectivity index (χ0n) is 23.3. The number of anilines is 4. The topological polar surface area (TPSA) is 123 Å². The van der Waals surface area contributed by atoms with Gasteiger partial charge in [0.15, 0.2) is 11.6 Å². The lowest BCUT2D eigenvalue weighted by molar-refractivity contribution is -0.199. The number of nitrogens with one attached hydrogen (secondary N) is 2. The molecule has 0 aliphatic heterocycles. The molecule has 0 unspecified atom stereocenters. The fourth-order valence-electron chi connectivity index (χ4n) is 4.68. The number of hydrogen-bond donors (Lipinski definition) is 2. The van der Waals surface area contributed by atoms with E-state index >= 15 is 4.39 Å². The molecule has 0 spiro atoms. The molecule has 0 amide bonds. The number of alkyl halides is 3. The summed E-state index contributed by atoms with van der Waals surface area (Å²) in [6, 6.07) is 11.0. The van der Waals surface area contributed by atoms with Gasteiger partial charge >= 0.3 is 12.1 Å². The van der Waals surface area contributed by atoms with Crippen LogP contribution >= 0.6 is 0 Å². The zero-order valence-corrected chi connectivity index (χ0v) is 23.3. The number of fused-ring (bicyclic) bond motifs is 2. The SMILES string of the molecule is COCCCN(c1nc(Nc2ccc3c(C)nn(CCCOC(=O)C(F)(F)F)c3c2)ncc1F)c1cccc2[nH]ncc12. The predicted molar refractivity (Wildman–Crippen MR) is 151 cm³/mol. The molecule has 15 heteroatoms. The lowest BCUT2D eigenvalue weighted by Gasteiger charge is -2.25. The quantitative estimate of drug-likeness (QED) is 0.108. The molecule has 3 aromatic heterocycles. The molecule has 0 atom stereocenters. The van der Waals surface area contributed by atoms with Gasteiger partial charge in [-0.15, -0.1) is 0 Å². The highest BCUT2D eigenvalue weighted by molar-refractivity contribution is 5.93. The highest BCUT2D eigenvalue weighted by Gasteiger charge is 2.40. The Morgan fingerprint density at radius 1 is 1.12 bits per heavy atom. The maximum absolute atomic E-state index is 15.3. The Bertz CT molecular complexity index is 1740. The first-order chi connectivity index (χ1) is 20.7. The summed E-state index contributed by atoms with van der Waals surface area (Å²) in [5.41, 5.74) is 3.50. The predicted octanol–water partition coefficient (Wildman–Crippen LogP) is 5.56. The summed E-state index contributed by atoms with van der Waals surface area (Å²) in [5, 5.41) is 16.2. The maximum atomic E-state index is 15.3. The number of benzene rings is 2. The van der Waals surface area contributed by atoms with Gasteiger partial charge in [-0.3, -0.25) is 9.78 Å². The van der Waals surface area contributed by atoms with Crippen LogP contribution in [0.1, 0.15) is 18.5 Å². The van der Waals surface area contributed by atoms with E-state index in [1.165, 1.54) is 0 Å². The normalized spacial score (nSPS) is 11.8. The molecule has 11 nitrogen and oxygen atoms in total. The summed E-state index contributed by atoms with van der Waals surface area (Å²) in [7, 11) is 1.60. The van der Waals surface area contributed by atoms with E-state index in [0.29, 0.717) is 42.2 Å². The smallest absolute Gasteiger partial charge is 0.459 e. The number of aromatic nitrogens is 6. The van der Waals surface area contributed by atoms with Gasteiger partial charge in [-0.25, -0.2) is 14.2 Å². The fourth-order valence-corrected chi connectivity index (χ4v) is 4.68. The van der Waals surface area contributed by atoms with Crippen LogP contribution in [-0.4, -0.2) is 69.0 Å². The Balaban J connectivity index is 1.39. The van der Waals surface area contributed by atoms with Crippen molar-refractivity contribution >= 4 is 50.9 Å². The van der Waals surface area contributed by atoms with Crippen LogP contribution in [0.4, 0.5) is 40.7 Å². The minimum absolute atomic E-state index is 0.0673. The first kappa shape index (κ1) is 29.7. The van der Waals surface area contributed by atoms with Crippen LogP contribution in [0, 0.1) is 12.7 Å². The third-order valence-corrected chi connectivity index (χ3v) is 6.64. The van der Waals surface area contributed by atoms with Gasteiger partial charge in [0.1, 0.15) is 0 Å². The molecule has 5 rings (SSSR count). The second-order valence-corrected chi connectivity index (χ2v) is 9.62. The second-order valence-electron chi connectivity index (χ2n) is 9.62. The Labute approximate surface area is 242 Å². The molecule has 5 aromatic rings. The van der Waals surface area contributed by atoms with Crippen molar-refractivity contribution in [2.24, 2.45) is 0 Å². The molecule has 0 saturated carbocycles. The molecular formula is C28H28F4N8O3. The number of nitrogens with zero attached hydrogens (tertiary/aromatic N) is 6. The van der Waals surface area contributed by atoms with E-state index in [1.54, 1.807) is 35.0 Å². The van der Waals surface area contributed by atoms with Gasteiger partial charge < -0.3 is 19.7 Å². The number of rotatable bonds is 12. The summed E-state index contributed by atoms with van der Waals surface area (Å²) in [6.07, 6.45) is -1.54. The molecule has 43 heavy (non-hydrogen) atoms. The van der Waals surface area contributed by atoms with E-state index in [0.717, 1.165) is 22.5 Å². The van der Waals surface area contributed by atoms with E-state index in [-0.39, 0.29) is 24.7 Å². The molecule has 0 fully saturated rings.